The van der Waals surface area contributed by atoms with E-state index >= 15 is 0 Å². The molecule has 0 unspecified atom stereocenters. The minimum absolute atomic E-state index is 0.0138. The van der Waals surface area contributed by atoms with Crippen LogP contribution in [0.15, 0.2) is 0 Å². The first-order valence-corrected chi connectivity index (χ1v) is 5.43. The van der Waals surface area contributed by atoms with E-state index in [0.29, 0.717) is 32.7 Å². The van der Waals surface area contributed by atoms with Crippen molar-refractivity contribution in [2.75, 3.05) is 32.7 Å². The number of hydrogen-bond acceptors (Lipinski definition) is 2. The number of nitrogens with one attached hydrogen (secondary N) is 1. The second-order valence-corrected chi connectivity index (χ2v) is 3.73. The molecule has 5 heteroatoms. The summed E-state index contributed by atoms with van der Waals surface area (Å²) in [5.41, 5.74) is 0. The van der Waals surface area contributed by atoms with Crippen LogP contribution in [0.3, 0.4) is 0 Å². The highest BCUT2D eigenvalue weighted by Gasteiger charge is 2.21. The third-order valence-corrected chi connectivity index (χ3v) is 2.54. The summed E-state index contributed by atoms with van der Waals surface area (Å²) in [6, 6.07) is -0.0138. The number of hydrogen-bond donors (Lipinski definition) is 1. The zero-order valence-corrected chi connectivity index (χ0v) is 9.45. The quantitative estimate of drug-likeness (QED) is 0.716. The topological polar surface area (TPSA) is 52.7 Å². The largest absolute Gasteiger partial charge is 0.339 e. The van der Waals surface area contributed by atoms with Crippen LogP contribution in [-0.4, -0.2) is 54.5 Å². The number of piperazine rings is 1. The molecule has 86 valence electrons. The first-order chi connectivity index (χ1) is 7.15. The molecule has 5 nitrogen and oxygen atoms in total. The Kier molecular flexibility index (Phi) is 4.39. The molecule has 1 fully saturated rings. The van der Waals surface area contributed by atoms with Gasteiger partial charge in [0.15, 0.2) is 0 Å². The maximum Gasteiger partial charge on any atom is 0.317 e. The lowest BCUT2D eigenvalue weighted by atomic mass is 10.3. The third kappa shape index (κ3) is 3.42. The smallest absolute Gasteiger partial charge is 0.317 e. The van der Waals surface area contributed by atoms with Gasteiger partial charge in [-0.3, -0.25) is 4.79 Å². The van der Waals surface area contributed by atoms with Crippen LogP contribution in [-0.2, 0) is 4.79 Å². The van der Waals surface area contributed by atoms with Gasteiger partial charge in [0.05, 0.1) is 0 Å². The molecule has 3 amide bonds. The van der Waals surface area contributed by atoms with E-state index in [1.165, 1.54) is 0 Å². The summed E-state index contributed by atoms with van der Waals surface area (Å²) >= 11 is 0. The Bertz CT molecular complexity index is 235. The zero-order chi connectivity index (χ0) is 11.3. The summed E-state index contributed by atoms with van der Waals surface area (Å²) in [5.74, 6) is 0.0867. The van der Waals surface area contributed by atoms with E-state index in [9.17, 15) is 9.59 Å². The first-order valence-electron chi connectivity index (χ1n) is 5.43. The molecule has 0 radical (unpaired) electrons. The molecule has 0 aliphatic carbocycles. The lowest BCUT2D eigenvalue weighted by molar-refractivity contribution is -0.130. The Hall–Kier alpha value is -1.26. The summed E-state index contributed by atoms with van der Waals surface area (Å²) < 4.78 is 0. The molecular weight excluding hydrogens is 194 g/mol. The SMILES string of the molecule is CCCNC(=O)N1CCN(C(C)=O)CC1. The third-order valence-electron chi connectivity index (χ3n) is 2.54. The fraction of sp³-hybridized carbons (Fsp3) is 0.800. The van der Waals surface area contributed by atoms with Crippen LogP contribution in [0.5, 0.6) is 0 Å². The number of nitrogens with zero attached hydrogens (tertiary/aromatic N) is 2. The molecule has 0 aromatic heterocycles. The Balaban J connectivity index is 2.30. The van der Waals surface area contributed by atoms with E-state index in [0.717, 1.165) is 6.42 Å². The second kappa shape index (κ2) is 5.58. The van der Waals surface area contributed by atoms with Crippen LogP contribution in [0, 0.1) is 0 Å². The molecule has 1 aliphatic heterocycles. The Morgan fingerprint density at radius 3 is 2.13 bits per heavy atom. The first kappa shape index (κ1) is 11.8. The van der Waals surface area contributed by atoms with Crippen LogP contribution in [0.2, 0.25) is 0 Å². The molecule has 1 aliphatic rings. The van der Waals surface area contributed by atoms with Crippen LogP contribution >= 0.6 is 0 Å². The fourth-order valence-corrected chi connectivity index (χ4v) is 1.57. The molecule has 0 aromatic rings. The molecule has 0 atom stereocenters. The van der Waals surface area contributed by atoms with Gasteiger partial charge in [-0.1, -0.05) is 6.92 Å². The van der Waals surface area contributed by atoms with Crippen molar-refractivity contribution in [2.45, 2.75) is 20.3 Å². The standard InChI is InChI=1S/C10H19N3O2/c1-3-4-11-10(15)13-7-5-12(6-8-13)9(2)14/h3-8H2,1-2H3,(H,11,15). The van der Waals surface area contributed by atoms with Gasteiger partial charge in [-0.05, 0) is 6.42 Å². The monoisotopic (exact) mass is 213 g/mol. The summed E-state index contributed by atoms with van der Waals surface area (Å²) in [6.07, 6.45) is 0.944. The maximum atomic E-state index is 11.5. The van der Waals surface area contributed by atoms with E-state index in [-0.39, 0.29) is 11.9 Å². The van der Waals surface area contributed by atoms with Gasteiger partial charge < -0.3 is 15.1 Å². The average molecular weight is 213 g/mol. The van der Waals surface area contributed by atoms with Crippen molar-refractivity contribution in [3.63, 3.8) is 0 Å². The molecule has 1 rings (SSSR count). The summed E-state index contributed by atoms with van der Waals surface area (Å²) in [4.78, 5) is 26.1. The summed E-state index contributed by atoms with van der Waals surface area (Å²) in [7, 11) is 0. The van der Waals surface area contributed by atoms with E-state index in [2.05, 4.69) is 5.32 Å². The highest BCUT2D eigenvalue weighted by atomic mass is 16.2. The van der Waals surface area contributed by atoms with Gasteiger partial charge in [-0.2, -0.15) is 0 Å². The normalized spacial score (nSPS) is 16.4. The van der Waals surface area contributed by atoms with Crippen LogP contribution < -0.4 is 5.32 Å². The molecule has 0 aromatic carbocycles. The zero-order valence-electron chi connectivity index (χ0n) is 9.45. The summed E-state index contributed by atoms with van der Waals surface area (Å²) in [6.45, 7) is 6.86. The molecule has 0 spiro atoms. The lowest BCUT2D eigenvalue weighted by Crippen LogP contribution is -2.52. The van der Waals surface area contributed by atoms with Gasteiger partial charge in [0.2, 0.25) is 5.91 Å². The van der Waals surface area contributed by atoms with Crippen molar-refractivity contribution in [2.24, 2.45) is 0 Å². The molecule has 0 saturated carbocycles. The molecule has 1 N–H and O–H groups in total. The molecule has 15 heavy (non-hydrogen) atoms. The minimum atomic E-state index is -0.0138. The van der Waals surface area contributed by atoms with E-state index < -0.39 is 0 Å². The number of carbonyl (C=O) groups excluding carboxylic acids is 2. The van der Waals surface area contributed by atoms with Gasteiger partial charge in [-0.15, -0.1) is 0 Å². The predicted octanol–water partition coefficient (Wildman–Crippen LogP) is 0.270. The number of carbonyl (C=O) groups is 2. The van der Waals surface area contributed by atoms with Crippen LogP contribution in [0.4, 0.5) is 4.79 Å². The predicted molar refractivity (Wildman–Crippen MR) is 57.5 cm³/mol. The van der Waals surface area contributed by atoms with Crippen molar-refractivity contribution < 1.29 is 9.59 Å². The maximum absolute atomic E-state index is 11.5. The molecular formula is C10H19N3O2. The highest BCUT2D eigenvalue weighted by molar-refractivity contribution is 5.76. The van der Waals surface area contributed by atoms with E-state index in [1.54, 1.807) is 16.7 Å². The van der Waals surface area contributed by atoms with E-state index in [1.807, 2.05) is 6.92 Å². The van der Waals surface area contributed by atoms with Crippen molar-refractivity contribution in [1.29, 1.82) is 0 Å². The molecule has 1 heterocycles. The number of amides is 3. The fourth-order valence-electron chi connectivity index (χ4n) is 1.57. The van der Waals surface area contributed by atoms with Gasteiger partial charge >= 0.3 is 6.03 Å². The van der Waals surface area contributed by atoms with Crippen molar-refractivity contribution in [3.8, 4) is 0 Å². The molecule has 0 bridgehead atoms. The van der Waals surface area contributed by atoms with Crippen LogP contribution in [0.1, 0.15) is 20.3 Å². The Labute approximate surface area is 90.4 Å². The van der Waals surface area contributed by atoms with Gasteiger partial charge in [0.25, 0.3) is 0 Å². The van der Waals surface area contributed by atoms with Gasteiger partial charge in [0, 0.05) is 39.6 Å². The minimum Gasteiger partial charge on any atom is -0.339 e. The average Bonchev–Trinajstić information content (AvgIpc) is 2.26. The van der Waals surface area contributed by atoms with Crippen molar-refractivity contribution in [1.82, 2.24) is 15.1 Å². The second-order valence-electron chi connectivity index (χ2n) is 3.73. The number of urea groups is 1. The Morgan fingerprint density at radius 1 is 1.13 bits per heavy atom. The summed E-state index contributed by atoms with van der Waals surface area (Å²) in [5, 5.41) is 2.83. The van der Waals surface area contributed by atoms with Gasteiger partial charge in [-0.25, -0.2) is 4.79 Å². The molecule has 1 saturated heterocycles. The highest BCUT2D eigenvalue weighted by Crippen LogP contribution is 2.01. The number of rotatable bonds is 2. The van der Waals surface area contributed by atoms with E-state index in [4.69, 9.17) is 0 Å². The van der Waals surface area contributed by atoms with Gasteiger partial charge in [0.1, 0.15) is 0 Å². The van der Waals surface area contributed by atoms with Crippen LogP contribution in [0.25, 0.3) is 0 Å². The van der Waals surface area contributed by atoms with Crippen molar-refractivity contribution in [3.05, 3.63) is 0 Å². The van der Waals surface area contributed by atoms with Crippen molar-refractivity contribution >= 4 is 11.9 Å². The Morgan fingerprint density at radius 2 is 1.67 bits per heavy atom. The lowest BCUT2D eigenvalue weighted by Gasteiger charge is -2.34.